The molecule has 1 rings (SSSR count). The molecule has 0 aliphatic carbocycles. The van der Waals surface area contributed by atoms with E-state index in [2.05, 4.69) is 13.8 Å². The van der Waals surface area contributed by atoms with Crippen LogP contribution in [0.5, 0.6) is 11.5 Å². The third-order valence-corrected chi connectivity index (χ3v) is 2.87. The van der Waals surface area contributed by atoms with Crippen LogP contribution < -0.4 is 15.2 Å². The van der Waals surface area contributed by atoms with Gasteiger partial charge in [0, 0.05) is 5.56 Å². The van der Waals surface area contributed by atoms with Crippen molar-refractivity contribution in [1.29, 1.82) is 0 Å². The van der Waals surface area contributed by atoms with E-state index in [9.17, 15) is 0 Å². The van der Waals surface area contributed by atoms with Crippen molar-refractivity contribution < 1.29 is 9.47 Å². The second kappa shape index (κ2) is 7.21. The number of thiocarbonyl (C=S) groups is 1. The Kier molecular flexibility index (Phi) is 5.92. The fourth-order valence-corrected chi connectivity index (χ4v) is 1.74. The van der Waals surface area contributed by atoms with Gasteiger partial charge in [-0.25, -0.2) is 0 Å². The minimum atomic E-state index is 0.361. The Morgan fingerprint density at radius 2 is 2.06 bits per heavy atom. The summed E-state index contributed by atoms with van der Waals surface area (Å²) in [5, 5.41) is 0. The molecule has 0 atom stereocenters. The molecule has 4 heteroatoms. The third kappa shape index (κ3) is 4.53. The molecule has 0 aromatic heterocycles. The topological polar surface area (TPSA) is 44.5 Å². The molecule has 3 nitrogen and oxygen atoms in total. The van der Waals surface area contributed by atoms with Gasteiger partial charge in [0.2, 0.25) is 0 Å². The summed E-state index contributed by atoms with van der Waals surface area (Å²) in [6.07, 6.45) is 2.20. The highest BCUT2D eigenvalue weighted by Crippen LogP contribution is 2.28. The molecule has 0 unspecified atom stereocenters. The quantitative estimate of drug-likeness (QED) is 0.609. The summed E-state index contributed by atoms with van der Waals surface area (Å²) < 4.78 is 11.0. The van der Waals surface area contributed by atoms with Crippen LogP contribution >= 0.6 is 12.2 Å². The first-order chi connectivity index (χ1) is 8.54. The van der Waals surface area contributed by atoms with Crippen LogP contribution in [0.15, 0.2) is 18.2 Å². The molecule has 0 aliphatic heterocycles. The Labute approximate surface area is 114 Å². The average Bonchev–Trinajstić information content (AvgIpc) is 2.34. The predicted molar refractivity (Wildman–Crippen MR) is 78.4 cm³/mol. The van der Waals surface area contributed by atoms with Crippen LogP contribution in [0.3, 0.4) is 0 Å². The summed E-state index contributed by atoms with van der Waals surface area (Å²) in [7, 11) is 1.61. The lowest BCUT2D eigenvalue weighted by Gasteiger charge is -2.12. The van der Waals surface area contributed by atoms with Crippen LogP contribution in [0.4, 0.5) is 0 Å². The van der Waals surface area contributed by atoms with Crippen molar-refractivity contribution >= 4 is 17.2 Å². The molecule has 0 saturated carbocycles. The Bertz CT molecular complexity index is 405. The minimum absolute atomic E-state index is 0.361. The molecular weight excluding hydrogens is 246 g/mol. The fourth-order valence-electron chi connectivity index (χ4n) is 1.61. The summed E-state index contributed by atoms with van der Waals surface area (Å²) in [6, 6.07) is 5.51. The van der Waals surface area contributed by atoms with Gasteiger partial charge in [-0.2, -0.15) is 0 Å². The average molecular weight is 267 g/mol. The van der Waals surface area contributed by atoms with Gasteiger partial charge in [0.25, 0.3) is 0 Å². The molecule has 2 N–H and O–H groups in total. The molecule has 0 radical (unpaired) electrons. The van der Waals surface area contributed by atoms with E-state index in [-0.39, 0.29) is 0 Å². The number of hydrogen-bond donors (Lipinski definition) is 1. The number of hydrogen-bond acceptors (Lipinski definition) is 3. The number of nitrogens with two attached hydrogens (primary N) is 1. The highest BCUT2D eigenvalue weighted by atomic mass is 32.1. The zero-order valence-electron chi connectivity index (χ0n) is 11.2. The lowest BCUT2D eigenvalue weighted by atomic mass is 10.1. The maximum atomic E-state index is 5.70. The first-order valence-electron chi connectivity index (χ1n) is 6.15. The van der Waals surface area contributed by atoms with E-state index in [4.69, 9.17) is 27.4 Å². The van der Waals surface area contributed by atoms with Crippen LogP contribution in [0.1, 0.15) is 32.3 Å². The van der Waals surface area contributed by atoms with E-state index in [0.29, 0.717) is 23.3 Å². The van der Waals surface area contributed by atoms with Crippen LogP contribution in [-0.2, 0) is 0 Å². The third-order valence-electron chi connectivity index (χ3n) is 2.63. The van der Waals surface area contributed by atoms with E-state index in [1.165, 1.54) is 0 Å². The number of methoxy groups -OCH3 is 1. The minimum Gasteiger partial charge on any atom is -0.493 e. The van der Waals surface area contributed by atoms with E-state index < -0.39 is 0 Å². The van der Waals surface area contributed by atoms with Gasteiger partial charge in [-0.05, 0) is 37.0 Å². The zero-order valence-corrected chi connectivity index (χ0v) is 12.0. The summed E-state index contributed by atoms with van der Waals surface area (Å²) >= 11 is 4.93. The number of benzene rings is 1. The Hall–Kier alpha value is -1.29. The maximum Gasteiger partial charge on any atom is 0.161 e. The van der Waals surface area contributed by atoms with E-state index >= 15 is 0 Å². The molecule has 1 aromatic carbocycles. The lowest BCUT2D eigenvalue weighted by Crippen LogP contribution is -2.09. The van der Waals surface area contributed by atoms with Crippen LogP contribution in [-0.4, -0.2) is 18.7 Å². The van der Waals surface area contributed by atoms with Crippen molar-refractivity contribution in [2.45, 2.75) is 26.7 Å². The number of ether oxygens (including phenoxy) is 2. The lowest BCUT2D eigenvalue weighted by molar-refractivity contribution is 0.280. The highest BCUT2D eigenvalue weighted by Gasteiger charge is 2.07. The highest BCUT2D eigenvalue weighted by molar-refractivity contribution is 7.80. The van der Waals surface area contributed by atoms with Crippen molar-refractivity contribution in [3.63, 3.8) is 0 Å². The monoisotopic (exact) mass is 267 g/mol. The van der Waals surface area contributed by atoms with Gasteiger partial charge < -0.3 is 15.2 Å². The molecule has 0 fully saturated rings. The molecule has 18 heavy (non-hydrogen) atoms. The largest absolute Gasteiger partial charge is 0.493 e. The Balaban J connectivity index is 2.62. The van der Waals surface area contributed by atoms with Gasteiger partial charge in [0.1, 0.15) is 4.99 Å². The summed E-state index contributed by atoms with van der Waals surface area (Å²) in [6.45, 7) is 5.11. The molecule has 1 aromatic rings. The zero-order chi connectivity index (χ0) is 13.5. The Morgan fingerprint density at radius 3 is 2.61 bits per heavy atom. The standard InChI is InChI=1S/C14H21NO2S/c1-10(2)5-4-8-17-12-7-6-11(14(15)18)9-13(12)16-3/h6-7,9-10H,4-5,8H2,1-3H3,(H2,15,18). The van der Waals surface area contributed by atoms with Gasteiger partial charge >= 0.3 is 0 Å². The molecule has 0 saturated heterocycles. The molecule has 0 amide bonds. The van der Waals surface area contributed by atoms with E-state index in [1.807, 2.05) is 12.1 Å². The molecule has 0 aliphatic rings. The van der Waals surface area contributed by atoms with E-state index in [1.54, 1.807) is 13.2 Å². The molecule has 0 bridgehead atoms. The van der Waals surface area contributed by atoms with Crippen molar-refractivity contribution in [2.75, 3.05) is 13.7 Å². The predicted octanol–water partition coefficient (Wildman–Crippen LogP) is 3.14. The van der Waals surface area contributed by atoms with Crippen molar-refractivity contribution in [1.82, 2.24) is 0 Å². The second-order valence-corrected chi connectivity index (χ2v) is 5.05. The van der Waals surface area contributed by atoms with Crippen LogP contribution in [0.25, 0.3) is 0 Å². The van der Waals surface area contributed by atoms with Crippen molar-refractivity contribution in [3.05, 3.63) is 23.8 Å². The van der Waals surface area contributed by atoms with Gasteiger partial charge in [-0.15, -0.1) is 0 Å². The smallest absolute Gasteiger partial charge is 0.161 e. The number of rotatable bonds is 7. The van der Waals surface area contributed by atoms with Gasteiger partial charge in [-0.1, -0.05) is 26.1 Å². The fraction of sp³-hybridized carbons (Fsp3) is 0.500. The first-order valence-corrected chi connectivity index (χ1v) is 6.56. The van der Waals surface area contributed by atoms with E-state index in [0.717, 1.165) is 24.2 Å². The summed E-state index contributed by atoms with van der Waals surface area (Å²) in [5.41, 5.74) is 6.37. The molecule has 0 heterocycles. The second-order valence-electron chi connectivity index (χ2n) is 4.61. The Morgan fingerprint density at radius 1 is 1.33 bits per heavy atom. The first kappa shape index (κ1) is 14.8. The van der Waals surface area contributed by atoms with Gasteiger partial charge in [-0.3, -0.25) is 0 Å². The molecule has 0 spiro atoms. The van der Waals surface area contributed by atoms with Crippen LogP contribution in [0.2, 0.25) is 0 Å². The van der Waals surface area contributed by atoms with Gasteiger partial charge in [0.15, 0.2) is 11.5 Å². The maximum absolute atomic E-state index is 5.70. The SMILES string of the molecule is COc1cc(C(N)=S)ccc1OCCCC(C)C. The van der Waals surface area contributed by atoms with Crippen LogP contribution in [0, 0.1) is 5.92 Å². The van der Waals surface area contributed by atoms with Gasteiger partial charge in [0.05, 0.1) is 13.7 Å². The molecular formula is C14H21NO2S. The summed E-state index contributed by atoms with van der Waals surface area (Å²) in [5.74, 6) is 2.11. The molecule has 100 valence electrons. The van der Waals surface area contributed by atoms with Crippen molar-refractivity contribution in [2.24, 2.45) is 11.7 Å². The van der Waals surface area contributed by atoms with Crippen molar-refractivity contribution in [3.8, 4) is 11.5 Å². The normalized spacial score (nSPS) is 10.4. The summed E-state index contributed by atoms with van der Waals surface area (Å²) in [4.78, 5) is 0.361.